The van der Waals surface area contributed by atoms with Gasteiger partial charge in [0.05, 0.1) is 18.2 Å². The standard InChI is InChI=1S/C17H24ClN3O3/c1-2-9-24-15-8-7-11(18)10-14(15)21-17(23)20-13-6-4-3-5-12(13)16(19)22/h7-8,10,12-13H,2-6,9H2,1H3,(H2,19,22)(H2,20,21,23)/t12-,13+/m0/s1. The fraction of sp³-hybridized carbons (Fsp3) is 0.529. The van der Waals surface area contributed by atoms with Gasteiger partial charge in [-0.15, -0.1) is 0 Å². The number of carbonyl (C=O) groups excluding carboxylic acids is 2. The number of nitrogens with one attached hydrogen (secondary N) is 2. The first-order chi connectivity index (χ1) is 11.5. The highest BCUT2D eigenvalue weighted by Gasteiger charge is 2.30. The Morgan fingerprint density at radius 3 is 2.79 bits per heavy atom. The molecule has 4 N–H and O–H groups in total. The van der Waals surface area contributed by atoms with E-state index < -0.39 is 6.03 Å². The van der Waals surface area contributed by atoms with E-state index in [0.717, 1.165) is 25.7 Å². The Kier molecular flexibility index (Phi) is 6.73. The van der Waals surface area contributed by atoms with Crippen LogP contribution in [0.2, 0.25) is 5.02 Å². The first-order valence-electron chi connectivity index (χ1n) is 8.30. The van der Waals surface area contributed by atoms with Crippen molar-refractivity contribution in [3.05, 3.63) is 23.2 Å². The molecule has 24 heavy (non-hydrogen) atoms. The van der Waals surface area contributed by atoms with Gasteiger partial charge >= 0.3 is 6.03 Å². The number of amides is 3. The van der Waals surface area contributed by atoms with Gasteiger partial charge in [0.2, 0.25) is 5.91 Å². The van der Waals surface area contributed by atoms with Crippen LogP contribution < -0.4 is 21.1 Å². The van der Waals surface area contributed by atoms with Crippen molar-refractivity contribution in [2.75, 3.05) is 11.9 Å². The van der Waals surface area contributed by atoms with E-state index in [2.05, 4.69) is 10.6 Å². The number of ether oxygens (including phenoxy) is 1. The third-order valence-electron chi connectivity index (χ3n) is 4.10. The summed E-state index contributed by atoms with van der Waals surface area (Å²) in [6.07, 6.45) is 4.24. The van der Waals surface area contributed by atoms with Crippen molar-refractivity contribution in [1.29, 1.82) is 0 Å². The SMILES string of the molecule is CCCOc1ccc(Cl)cc1NC(=O)N[C@@H]1CCCC[C@@H]1C(N)=O. The van der Waals surface area contributed by atoms with Crippen LogP contribution in [-0.2, 0) is 4.79 Å². The summed E-state index contributed by atoms with van der Waals surface area (Å²) in [5.41, 5.74) is 5.94. The zero-order valence-corrected chi connectivity index (χ0v) is 14.6. The maximum Gasteiger partial charge on any atom is 0.319 e. The second kappa shape index (κ2) is 8.78. The minimum atomic E-state index is -0.392. The molecule has 6 nitrogen and oxygen atoms in total. The van der Waals surface area contributed by atoms with Crippen LogP contribution in [0, 0.1) is 5.92 Å². The molecule has 2 rings (SSSR count). The number of anilines is 1. The highest BCUT2D eigenvalue weighted by Crippen LogP contribution is 2.29. The second-order valence-corrected chi connectivity index (χ2v) is 6.42. The molecule has 7 heteroatoms. The van der Waals surface area contributed by atoms with Gasteiger partial charge in [-0.1, -0.05) is 31.4 Å². The minimum Gasteiger partial charge on any atom is -0.491 e. The molecule has 0 aromatic heterocycles. The van der Waals surface area contributed by atoms with Crippen molar-refractivity contribution in [3.63, 3.8) is 0 Å². The molecule has 1 fully saturated rings. The molecule has 0 bridgehead atoms. The van der Waals surface area contributed by atoms with Crippen LogP contribution in [-0.4, -0.2) is 24.6 Å². The van der Waals surface area contributed by atoms with Crippen molar-refractivity contribution < 1.29 is 14.3 Å². The lowest BCUT2D eigenvalue weighted by atomic mass is 9.84. The fourth-order valence-electron chi connectivity index (χ4n) is 2.91. The molecule has 132 valence electrons. The summed E-state index contributed by atoms with van der Waals surface area (Å²) in [5.74, 6) is -0.124. The number of nitrogens with two attached hydrogens (primary N) is 1. The maximum absolute atomic E-state index is 12.3. The molecule has 1 aliphatic carbocycles. The summed E-state index contributed by atoms with van der Waals surface area (Å²) in [4.78, 5) is 23.8. The van der Waals surface area contributed by atoms with Crippen LogP contribution in [0.5, 0.6) is 5.75 Å². The Morgan fingerprint density at radius 2 is 2.08 bits per heavy atom. The van der Waals surface area contributed by atoms with Crippen molar-refractivity contribution in [1.82, 2.24) is 5.32 Å². The number of carbonyl (C=O) groups is 2. The molecule has 0 spiro atoms. The van der Waals surface area contributed by atoms with E-state index >= 15 is 0 Å². The van der Waals surface area contributed by atoms with Crippen LogP contribution >= 0.6 is 11.6 Å². The Hall–Kier alpha value is -1.95. The van der Waals surface area contributed by atoms with Gasteiger partial charge in [0.1, 0.15) is 5.75 Å². The number of halogens is 1. The zero-order valence-electron chi connectivity index (χ0n) is 13.8. The Labute approximate surface area is 147 Å². The number of hydrogen-bond donors (Lipinski definition) is 3. The lowest BCUT2D eigenvalue weighted by Gasteiger charge is -2.30. The second-order valence-electron chi connectivity index (χ2n) is 5.99. The van der Waals surface area contributed by atoms with Gasteiger partial charge in [0.25, 0.3) is 0 Å². The molecule has 2 atom stereocenters. The van der Waals surface area contributed by atoms with E-state index in [9.17, 15) is 9.59 Å². The number of benzene rings is 1. The smallest absolute Gasteiger partial charge is 0.319 e. The van der Waals surface area contributed by atoms with Crippen LogP contribution in [0.3, 0.4) is 0 Å². The molecular formula is C17H24ClN3O3. The summed E-state index contributed by atoms with van der Waals surface area (Å²) >= 11 is 6.00. The highest BCUT2D eigenvalue weighted by molar-refractivity contribution is 6.31. The monoisotopic (exact) mass is 353 g/mol. The molecule has 0 unspecified atom stereocenters. The molecule has 0 aliphatic heterocycles. The minimum absolute atomic E-state index is 0.240. The summed E-state index contributed by atoms with van der Waals surface area (Å²) in [6.45, 7) is 2.55. The van der Waals surface area contributed by atoms with Gasteiger partial charge < -0.3 is 21.1 Å². The molecule has 0 heterocycles. The molecular weight excluding hydrogens is 330 g/mol. The average molecular weight is 354 g/mol. The van der Waals surface area contributed by atoms with Crippen LogP contribution in [0.25, 0.3) is 0 Å². The third kappa shape index (κ3) is 5.03. The predicted octanol–water partition coefficient (Wildman–Crippen LogP) is 3.29. The van der Waals surface area contributed by atoms with Gasteiger partial charge in [-0.3, -0.25) is 4.79 Å². The highest BCUT2D eigenvalue weighted by atomic mass is 35.5. The van der Waals surface area contributed by atoms with E-state index in [1.54, 1.807) is 18.2 Å². The lowest BCUT2D eigenvalue weighted by Crippen LogP contribution is -2.48. The van der Waals surface area contributed by atoms with E-state index in [1.807, 2.05) is 6.92 Å². The lowest BCUT2D eigenvalue weighted by molar-refractivity contribution is -0.123. The van der Waals surface area contributed by atoms with Gasteiger partial charge in [-0.05, 0) is 37.5 Å². The molecule has 1 aromatic rings. The molecule has 1 saturated carbocycles. The maximum atomic E-state index is 12.3. The van der Waals surface area contributed by atoms with Gasteiger partial charge in [-0.25, -0.2) is 4.79 Å². The topological polar surface area (TPSA) is 93.4 Å². The molecule has 0 saturated heterocycles. The van der Waals surface area contributed by atoms with Gasteiger partial charge in [0, 0.05) is 11.1 Å². The van der Waals surface area contributed by atoms with Crippen LogP contribution in [0.15, 0.2) is 18.2 Å². The summed E-state index contributed by atoms with van der Waals surface area (Å²) in [6, 6.07) is 4.44. The van der Waals surface area contributed by atoms with E-state index in [1.165, 1.54) is 0 Å². The van der Waals surface area contributed by atoms with E-state index in [4.69, 9.17) is 22.1 Å². The number of primary amides is 1. The Morgan fingerprint density at radius 1 is 1.33 bits per heavy atom. The van der Waals surface area contributed by atoms with E-state index in [-0.39, 0.29) is 17.9 Å². The first-order valence-corrected chi connectivity index (χ1v) is 8.68. The van der Waals surface area contributed by atoms with Crippen molar-refractivity contribution in [2.45, 2.75) is 45.1 Å². The largest absolute Gasteiger partial charge is 0.491 e. The van der Waals surface area contributed by atoms with E-state index in [0.29, 0.717) is 29.5 Å². The first kappa shape index (κ1) is 18.4. The number of rotatable bonds is 6. The molecule has 0 radical (unpaired) electrons. The van der Waals surface area contributed by atoms with Crippen LogP contribution in [0.1, 0.15) is 39.0 Å². The summed E-state index contributed by atoms with van der Waals surface area (Å²) in [7, 11) is 0. The molecule has 1 aromatic carbocycles. The summed E-state index contributed by atoms with van der Waals surface area (Å²) in [5, 5.41) is 6.11. The molecule has 3 amide bonds. The van der Waals surface area contributed by atoms with Crippen molar-refractivity contribution in [2.24, 2.45) is 11.7 Å². The van der Waals surface area contributed by atoms with Gasteiger partial charge in [-0.2, -0.15) is 0 Å². The van der Waals surface area contributed by atoms with Gasteiger partial charge in [0.15, 0.2) is 0 Å². The van der Waals surface area contributed by atoms with Crippen LogP contribution in [0.4, 0.5) is 10.5 Å². The summed E-state index contributed by atoms with van der Waals surface area (Å²) < 4.78 is 5.62. The molecule has 1 aliphatic rings. The van der Waals surface area contributed by atoms with Crippen molar-refractivity contribution >= 4 is 29.2 Å². The number of hydrogen-bond acceptors (Lipinski definition) is 3. The predicted molar refractivity (Wildman–Crippen MR) is 94.3 cm³/mol. The average Bonchev–Trinajstić information content (AvgIpc) is 2.54. The van der Waals surface area contributed by atoms with Crippen molar-refractivity contribution in [3.8, 4) is 5.75 Å². The Bertz CT molecular complexity index is 594. The fourth-order valence-corrected chi connectivity index (χ4v) is 3.08. The Balaban J connectivity index is 2.03. The number of urea groups is 1. The third-order valence-corrected chi connectivity index (χ3v) is 4.33. The quantitative estimate of drug-likeness (QED) is 0.732. The zero-order chi connectivity index (χ0) is 17.5. The normalized spacial score (nSPS) is 20.2.